The molecule has 2 aromatic carbocycles. The van der Waals surface area contributed by atoms with Gasteiger partial charge in [0.15, 0.2) is 0 Å². The molecular weight excluding hydrogens is 330 g/mol. The summed E-state index contributed by atoms with van der Waals surface area (Å²) in [6.07, 6.45) is 0. The summed E-state index contributed by atoms with van der Waals surface area (Å²) in [5.41, 5.74) is 2.54. The molecule has 0 bridgehead atoms. The smallest absolute Gasteiger partial charge is 0.387 e. The van der Waals surface area contributed by atoms with Crippen molar-refractivity contribution in [1.82, 2.24) is 5.32 Å². The van der Waals surface area contributed by atoms with E-state index in [1.54, 1.807) is 6.07 Å². The standard InChI is InChI=1S/C18H18F2N2O3/c1-11-7-8-14(12(2)9-11)22-16(23)10-21-17(24)13-5-3-4-6-15(13)25-18(19)20/h3-9,18H,10H2,1-2H3,(H,21,24)(H,22,23). The summed E-state index contributed by atoms with van der Waals surface area (Å²) < 4.78 is 29.0. The fraction of sp³-hybridized carbons (Fsp3) is 0.222. The van der Waals surface area contributed by atoms with Crippen LogP contribution in [-0.2, 0) is 4.79 Å². The molecule has 0 aliphatic heterocycles. The Balaban J connectivity index is 1.97. The van der Waals surface area contributed by atoms with Gasteiger partial charge in [-0.15, -0.1) is 0 Å². The Kier molecular flexibility index (Phi) is 6.05. The molecule has 0 fully saturated rings. The zero-order chi connectivity index (χ0) is 18.4. The molecule has 0 heterocycles. The highest BCUT2D eigenvalue weighted by Crippen LogP contribution is 2.20. The van der Waals surface area contributed by atoms with E-state index >= 15 is 0 Å². The molecule has 5 nitrogen and oxygen atoms in total. The molecule has 7 heteroatoms. The predicted octanol–water partition coefficient (Wildman–Crippen LogP) is 3.27. The first-order valence-electron chi connectivity index (χ1n) is 7.56. The van der Waals surface area contributed by atoms with Gasteiger partial charge in [0.2, 0.25) is 5.91 Å². The van der Waals surface area contributed by atoms with Crippen LogP contribution < -0.4 is 15.4 Å². The minimum absolute atomic E-state index is 0.0675. The highest BCUT2D eigenvalue weighted by molar-refractivity contribution is 6.01. The summed E-state index contributed by atoms with van der Waals surface area (Å²) in [7, 11) is 0. The number of benzene rings is 2. The number of amides is 2. The van der Waals surface area contributed by atoms with E-state index < -0.39 is 18.4 Å². The lowest BCUT2D eigenvalue weighted by atomic mass is 10.1. The summed E-state index contributed by atoms with van der Waals surface area (Å²) in [6, 6.07) is 11.2. The number of halogens is 2. The third-order valence-corrected chi connectivity index (χ3v) is 3.41. The fourth-order valence-corrected chi connectivity index (χ4v) is 2.26. The second-order valence-corrected chi connectivity index (χ2v) is 5.42. The van der Waals surface area contributed by atoms with Crippen LogP contribution in [0.2, 0.25) is 0 Å². The van der Waals surface area contributed by atoms with Gasteiger partial charge in [-0.2, -0.15) is 8.78 Å². The average molecular weight is 348 g/mol. The van der Waals surface area contributed by atoms with Gasteiger partial charge in [-0.3, -0.25) is 9.59 Å². The minimum Gasteiger partial charge on any atom is -0.434 e. The maximum Gasteiger partial charge on any atom is 0.387 e. The number of ether oxygens (including phenoxy) is 1. The zero-order valence-electron chi connectivity index (χ0n) is 13.8. The largest absolute Gasteiger partial charge is 0.434 e. The van der Waals surface area contributed by atoms with E-state index in [0.29, 0.717) is 5.69 Å². The normalized spacial score (nSPS) is 10.4. The maximum atomic E-state index is 12.4. The van der Waals surface area contributed by atoms with Crippen molar-refractivity contribution in [2.24, 2.45) is 0 Å². The molecule has 0 radical (unpaired) electrons. The summed E-state index contributed by atoms with van der Waals surface area (Å²) in [4.78, 5) is 24.1. The monoisotopic (exact) mass is 348 g/mol. The highest BCUT2D eigenvalue weighted by Gasteiger charge is 2.16. The van der Waals surface area contributed by atoms with Crippen molar-refractivity contribution < 1.29 is 23.1 Å². The second-order valence-electron chi connectivity index (χ2n) is 5.42. The van der Waals surface area contributed by atoms with Crippen LogP contribution >= 0.6 is 0 Å². The van der Waals surface area contributed by atoms with E-state index in [4.69, 9.17) is 0 Å². The lowest BCUT2D eigenvalue weighted by Gasteiger charge is -2.12. The lowest BCUT2D eigenvalue weighted by molar-refractivity contribution is -0.115. The summed E-state index contributed by atoms with van der Waals surface area (Å²) in [5, 5.41) is 5.07. The van der Waals surface area contributed by atoms with Crippen LogP contribution in [-0.4, -0.2) is 25.0 Å². The number of hydrogen-bond acceptors (Lipinski definition) is 3. The van der Waals surface area contributed by atoms with E-state index in [1.165, 1.54) is 24.3 Å². The fourth-order valence-electron chi connectivity index (χ4n) is 2.26. The third-order valence-electron chi connectivity index (χ3n) is 3.41. The van der Waals surface area contributed by atoms with Crippen LogP contribution in [0.15, 0.2) is 42.5 Å². The quantitative estimate of drug-likeness (QED) is 0.842. The number of carbonyl (C=O) groups is 2. The molecule has 0 atom stereocenters. The van der Waals surface area contributed by atoms with E-state index in [1.807, 2.05) is 26.0 Å². The van der Waals surface area contributed by atoms with Gasteiger partial charge in [0, 0.05) is 5.69 Å². The van der Waals surface area contributed by atoms with Gasteiger partial charge in [0.05, 0.1) is 12.1 Å². The van der Waals surface area contributed by atoms with Crippen molar-refractivity contribution in [3.8, 4) is 5.75 Å². The third kappa shape index (κ3) is 5.27. The lowest BCUT2D eigenvalue weighted by Crippen LogP contribution is -2.33. The van der Waals surface area contributed by atoms with Crippen molar-refractivity contribution in [2.75, 3.05) is 11.9 Å². The maximum absolute atomic E-state index is 12.4. The Hall–Kier alpha value is -2.96. The zero-order valence-corrected chi connectivity index (χ0v) is 13.8. The number of aryl methyl sites for hydroxylation is 2. The number of nitrogens with one attached hydrogen (secondary N) is 2. The molecule has 0 aliphatic rings. The first-order valence-corrected chi connectivity index (χ1v) is 7.56. The SMILES string of the molecule is Cc1ccc(NC(=O)CNC(=O)c2ccccc2OC(F)F)c(C)c1. The van der Waals surface area contributed by atoms with Crippen molar-refractivity contribution in [3.63, 3.8) is 0 Å². The molecule has 2 rings (SSSR count). The van der Waals surface area contributed by atoms with Crippen LogP contribution in [0.1, 0.15) is 21.5 Å². The van der Waals surface area contributed by atoms with Crippen LogP contribution in [0.3, 0.4) is 0 Å². The van der Waals surface area contributed by atoms with Gasteiger partial charge in [-0.05, 0) is 37.6 Å². The second kappa shape index (κ2) is 8.23. The Morgan fingerprint density at radius 2 is 1.84 bits per heavy atom. The van der Waals surface area contributed by atoms with Gasteiger partial charge < -0.3 is 15.4 Å². The predicted molar refractivity (Wildman–Crippen MR) is 90.0 cm³/mol. The number of anilines is 1. The summed E-state index contributed by atoms with van der Waals surface area (Å²) in [6.45, 7) is 0.466. The van der Waals surface area contributed by atoms with Crippen molar-refractivity contribution in [1.29, 1.82) is 0 Å². The number of hydrogen-bond donors (Lipinski definition) is 2. The first-order chi connectivity index (χ1) is 11.9. The highest BCUT2D eigenvalue weighted by atomic mass is 19.3. The van der Waals surface area contributed by atoms with Gasteiger partial charge in [-0.25, -0.2) is 0 Å². The Morgan fingerprint density at radius 1 is 1.12 bits per heavy atom. The molecular formula is C18H18F2N2O3. The molecule has 2 aromatic rings. The van der Waals surface area contributed by atoms with Crippen LogP contribution in [0.5, 0.6) is 5.75 Å². The van der Waals surface area contributed by atoms with Crippen LogP contribution in [0.4, 0.5) is 14.5 Å². The molecule has 0 saturated carbocycles. The van der Waals surface area contributed by atoms with Crippen molar-refractivity contribution in [2.45, 2.75) is 20.5 Å². The Morgan fingerprint density at radius 3 is 2.52 bits per heavy atom. The summed E-state index contributed by atoms with van der Waals surface area (Å²) in [5.74, 6) is -1.34. The Labute approximate surface area is 144 Å². The molecule has 0 unspecified atom stereocenters. The topological polar surface area (TPSA) is 67.4 Å². The van der Waals surface area contributed by atoms with Gasteiger partial charge in [0.25, 0.3) is 5.91 Å². The van der Waals surface area contributed by atoms with Gasteiger partial charge in [0.1, 0.15) is 5.75 Å². The van der Waals surface area contributed by atoms with Crippen molar-refractivity contribution >= 4 is 17.5 Å². The molecule has 2 N–H and O–H groups in total. The van der Waals surface area contributed by atoms with Crippen molar-refractivity contribution in [3.05, 3.63) is 59.2 Å². The molecule has 0 spiro atoms. The first kappa shape index (κ1) is 18.4. The number of para-hydroxylation sites is 1. The van der Waals surface area contributed by atoms with Gasteiger partial charge in [-0.1, -0.05) is 29.8 Å². The number of alkyl halides is 2. The Bertz CT molecular complexity index is 779. The molecule has 2 amide bonds. The summed E-state index contributed by atoms with van der Waals surface area (Å²) >= 11 is 0. The molecule has 0 saturated heterocycles. The average Bonchev–Trinajstić information content (AvgIpc) is 2.55. The molecule has 25 heavy (non-hydrogen) atoms. The van der Waals surface area contributed by atoms with E-state index in [0.717, 1.165) is 11.1 Å². The van der Waals surface area contributed by atoms with E-state index in [-0.39, 0.29) is 17.9 Å². The van der Waals surface area contributed by atoms with Crippen LogP contribution in [0, 0.1) is 13.8 Å². The molecule has 132 valence electrons. The van der Waals surface area contributed by atoms with E-state index in [9.17, 15) is 18.4 Å². The number of rotatable bonds is 6. The van der Waals surface area contributed by atoms with Gasteiger partial charge >= 0.3 is 6.61 Å². The van der Waals surface area contributed by atoms with E-state index in [2.05, 4.69) is 15.4 Å². The minimum atomic E-state index is -3.04. The molecule has 0 aromatic heterocycles. The number of carbonyl (C=O) groups excluding carboxylic acids is 2. The van der Waals surface area contributed by atoms with Crippen LogP contribution in [0.25, 0.3) is 0 Å². The molecule has 0 aliphatic carbocycles.